The number of carbonyl (C=O) groups excluding carboxylic acids is 2. The Morgan fingerprint density at radius 3 is 2.76 bits per heavy atom. The third kappa shape index (κ3) is 4.23. The Morgan fingerprint density at radius 2 is 2.00 bits per heavy atom. The smallest absolute Gasteiger partial charge is 0.237 e. The molecule has 4 rings (SSSR count). The minimum atomic E-state index is -1.20. The predicted octanol–water partition coefficient (Wildman–Crippen LogP) is 2.50. The first-order valence-corrected chi connectivity index (χ1v) is 11.5. The van der Waals surface area contributed by atoms with Gasteiger partial charge in [0.2, 0.25) is 11.8 Å². The van der Waals surface area contributed by atoms with Crippen molar-refractivity contribution in [3.05, 3.63) is 70.0 Å². The van der Waals surface area contributed by atoms with Gasteiger partial charge in [-0.05, 0) is 80.0 Å². The maximum atomic E-state index is 14.4. The largest absolute Gasteiger partial charge is 0.369 e. The lowest BCUT2D eigenvalue weighted by atomic mass is 9.69. The van der Waals surface area contributed by atoms with E-state index in [0.29, 0.717) is 37.9 Å². The van der Waals surface area contributed by atoms with Gasteiger partial charge in [0, 0.05) is 6.54 Å². The van der Waals surface area contributed by atoms with E-state index in [9.17, 15) is 19.2 Å². The molecule has 0 bridgehead atoms. The molecule has 33 heavy (non-hydrogen) atoms. The summed E-state index contributed by atoms with van der Waals surface area (Å²) in [5.74, 6) is -1.07. The second-order valence-corrected chi connectivity index (χ2v) is 9.03. The molecule has 2 amide bonds. The Kier molecular flexibility index (Phi) is 6.48. The average Bonchev–Trinajstić information content (AvgIpc) is 3.23. The SMILES string of the molecule is Cc1ccc2c(c1)CCc1ccc(F)cc1C2(CCNCC(=O)N1CCC[C@H]1C#N)C(N)=O. The van der Waals surface area contributed by atoms with E-state index in [-0.39, 0.29) is 18.5 Å². The minimum absolute atomic E-state index is 0.0732. The maximum absolute atomic E-state index is 14.4. The molecule has 0 saturated carbocycles. The summed E-state index contributed by atoms with van der Waals surface area (Å²) >= 11 is 0. The number of aryl methyl sites for hydroxylation is 3. The van der Waals surface area contributed by atoms with E-state index in [0.717, 1.165) is 35.1 Å². The topological polar surface area (TPSA) is 99.2 Å². The molecule has 172 valence electrons. The number of hydrogen-bond acceptors (Lipinski definition) is 4. The second kappa shape index (κ2) is 9.32. The molecule has 2 aromatic rings. The molecular formula is C26H29FN4O2. The number of benzene rings is 2. The van der Waals surface area contributed by atoms with Crippen molar-refractivity contribution in [2.45, 2.75) is 50.5 Å². The van der Waals surface area contributed by atoms with Crippen LogP contribution >= 0.6 is 0 Å². The van der Waals surface area contributed by atoms with E-state index in [1.165, 1.54) is 12.1 Å². The zero-order valence-corrected chi connectivity index (χ0v) is 18.9. The van der Waals surface area contributed by atoms with Gasteiger partial charge in [-0.3, -0.25) is 9.59 Å². The summed E-state index contributed by atoms with van der Waals surface area (Å²) in [6.07, 6.45) is 3.25. The number of primary amides is 1. The van der Waals surface area contributed by atoms with E-state index >= 15 is 0 Å². The van der Waals surface area contributed by atoms with Crippen LogP contribution in [0.2, 0.25) is 0 Å². The Morgan fingerprint density at radius 1 is 1.21 bits per heavy atom. The van der Waals surface area contributed by atoms with Crippen molar-refractivity contribution in [2.24, 2.45) is 5.73 Å². The van der Waals surface area contributed by atoms with Gasteiger partial charge in [-0.25, -0.2) is 4.39 Å². The fourth-order valence-corrected chi connectivity index (χ4v) is 5.35. The number of likely N-dealkylation sites (tertiary alicyclic amines) is 1. The number of amides is 2. The van der Waals surface area contributed by atoms with Crippen molar-refractivity contribution in [1.29, 1.82) is 5.26 Å². The van der Waals surface area contributed by atoms with Crippen molar-refractivity contribution in [3.8, 4) is 6.07 Å². The normalized spacial score (nSPS) is 21.6. The van der Waals surface area contributed by atoms with Gasteiger partial charge >= 0.3 is 0 Å². The number of nitrogens with two attached hydrogens (primary N) is 1. The summed E-state index contributed by atoms with van der Waals surface area (Å²) in [6.45, 7) is 3.00. The molecule has 7 heteroatoms. The molecule has 0 aromatic heterocycles. The third-order valence-corrected chi connectivity index (χ3v) is 7.01. The maximum Gasteiger partial charge on any atom is 0.237 e. The third-order valence-electron chi connectivity index (χ3n) is 7.01. The van der Waals surface area contributed by atoms with Crippen LogP contribution in [0, 0.1) is 24.1 Å². The van der Waals surface area contributed by atoms with Gasteiger partial charge in [0.1, 0.15) is 17.3 Å². The summed E-state index contributed by atoms with van der Waals surface area (Å²) in [5.41, 5.74) is 9.32. The van der Waals surface area contributed by atoms with Crippen LogP contribution in [0.15, 0.2) is 36.4 Å². The molecule has 0 spiro atoms. The Hall–Kier alpha value is -3.24. The van der Waals surface area contributed by atoms with Gasteiger partial charge in [0.25, 0.3) is 0 Å². The van der Waals surface area contributed by atoms with Crippen LogP contribution in [0.1, 0.15) is 47.1 Å². The summed E-state index contributed by atoms with van der Waals surface area (Å²) in [4.78, 5) is 27.3. The number of halogens is 1. The van der Waals surface area contributed by atoms with E-state index < -0.39 is 17.1 Å². The standard InChI is InChI=1S/C26H29FN4O2/c1-17-4-9-22-19(13-17)6-5-18-7-8-20(27)14-23(18)26(22,25(29)33)10-11-30-16-24(32)31-12-2-3-21(31)15-28/h4,7-9,13-14,21,30H,2-3,5-6,10-12,16H2,1H3,(H2,29,33)/t21-,26?/m0/s1. The lowest BCUT2D eigenvalue weighted by Crippen LogP contribution is -2.46. The van der Waals surface area contributed by atoms with Crippen LogP contribution in [-0.4, -0.2) is 42.4 Å². The molecule has 6 nitrogen and oxygen atoms in total. The molecule has 1 fully saturated rings. The molecular weight excluding hydrogens is 419 g/mol. The number of nitrogens with one attached hydrogen (secondary N) is 1. The zero-order valence-electron chi connectivity index (χ0n) is 18.9. The molecule has 2 atom stereocenters. The van der Waals surface area contributed by atoms with Gasteiger partial charge in [0.15, 0.2) is 0 Å². The molecule has 3 N–H and O–H groups in total. The first kappa shape index (κ1) is 22.9. The highest BCUT2D eigenvalue weighted by Gasteiger charge is 2.44. The lowest BCUT2D eigenvalue weighted by Gasteiger charge is -2.34. The molecule has 2 aliphatic rings. The zero-order chi connectivity index (χ0) is 23.6. The second-order valence-electron chi connectivity index (χ2n) is 9.03. The van der Waals surface area contributed by atoms with Crippen molar-refractivity contribution in [2.75, 3.05) is 19.6 Å². The van der Waals surface area contributed by atoms with E-state index in [1.807, 2.05) is 19.1 Å². The number of nitrogens with zero attached hydrogens (tertiary/aromatic N) is 2. The highest BCUT2D eigenvalue weighted by Crippen LogP contribution is 2.42. The van der Waals surface area contributed by atoms with Gasteiger partial charge < -0.3 is 16.0 Å². The molecule has 2 aromatic carbocycles. The first-order chi connectivity index (χ1) is 15.9. The van der Waals surface area contributed by atoms with Gasteiger partial charge in [-0.2, -0.15) is 5.26 Å². The van der Waals surface area contributed by atoms with Crippen LogP contribution in [0.5, 0.6) is 0 Å². The van der Waals surface area contributed by atoms with Crippen molar-refractivity contribution in [1.82, 2.24) is 10.2 Å². The highest BCUT2D eigenvalue weighted by atomic mass is 19.1. The van der Waals surface area contributed by atoms with Crippen molar-refractivity contribution < 1.29 is 14.0 Å². The van der Waals surface area contributed by atoms with Crippen molar-refractivity contribution >= 4 is 11.8 Å². The summed E-state index contributed by atoms with van der Waals surface area (Å²) in [6, 6.07) is 12.4. The number of carbonyl (C=O) groups is 2. The quantitative estimate of drug-likeness (QED) is 0.664. The van der Waals surface area contributed by atoms with Crippen molar-refractivity contribution in [3.63, 3.8) is 0 Å². The highest BCUT2D eigenvalue weighted by molar-refractivity contribution is 5.92. The van der Waals surface area contributed by atoms with Gasteiger partial charge in [-0.15, -0.1) is 0 Å². The van der Waals surface area contributed by atoms with Crippen LogP contribution < -0.4 is 11.1 Å². The number of fused-ring (bicyclic) bond motifs is 2. The first-order valence-electron chi connectivity index (χ1n) is 11.5. The van der Waals surface area contributed by atoms with E-state index in [2.05, 4.69) is 17.5 Å². The summed E-state index contributed by atoms with van der Waals surface area (Å²) < 4.78 is 14.4. The van der Waals surface area contributed by atoms with Gasteiger partial charge in [-0.1, -0.05) is 29.8 Å². The molecule has 1 saturated heterocycles. The molecule has 1 aliphatic carbocycles. The van der Waals surface area contributed by atoms with Crippen LogP contribution in [0.3, 0.4) is 0 Å². The van der Waals surface area contributed by atoms with Crippen LogP contribution in [0.25, 0.3) is 0 Å². The predicted molar refractivity (Wildman–Crippen MR) is 123 cm³/mol. The minimum Gasteiger partial charge on any atom is -0.369 e. The monoisotopic (exact) mass is 448 g/mol. The Labute approximate surface area is 193 Å². The number of rotatable bonds is 6. The number of nitriles is 1. The summed E-state index contributed by atoms with van der Waals surface area (Å²) in [5, 5.41) is 12.4. The molecule has 0 radical (unpaired) electrons. The van der Waals surface area contributed by atoms with E-state index in [4.69, 9.17) is 5.73 Å². The number of hydrogen-bond donors (Lipinski definition) is 2. The van der Waals surface area contributed by atoms with Gasteiger partial charge in [0.05, 0.1) is 12.6 Å². The Bertz CT molecular complexity index is 1130. The van der Waals surface area contributed by atoms with Crippen LogP contribution in [-0.2, 0) is 27.8 Å². The molecule has 1 unspecified atom stereocenters. The fraction of sp³-hybridized carbons (Fsp3) is 0.423. The molecule has 1 aliphatic heterocycles. The lowest BCUT2D eigenvalue weighted by molar-refractivity contribution is -0.130. The Balaban J connectivity index is 1.63. The fourth-order valence-electron chi connectivity index (χ4n) is 5.35. The van der Waals surface area contributed by atoms with E-state index in [1.54, 1.807) is 11.0 Å². The summed E-state index contributed by atoms with van der Waals surface area (Å²) in [7, 11) is 0. The van der Waals surface area contributed by atoms with Crippen LogP contribution in [0.4, 0.5) is 4.39 Å². The molecule has 1 heterocycles. The average molecular weight is 449 g/mol.